The number of carbonyl (C=O) groups is 1. The molecule has 8 heteroatoms. The van der Waals surface area contributed by atoms with Crippen LogP contribution in [0.25, 0.3) is 5.69 Å². The maximum Gasteiger partial charge on any atom is 0.292 e. The Balaban J connectivity index is 1.63. The minimum Gasteiger partial charge on any atom is -0.378 e. The first-order valence-electron chi connectivity index (χ1n) is 8.86. The van der Waals surface area contributed by atoms with Crippen LogP contribution in [0.5, 0.6) is 0 Å². The number of amides is 1. The van der Waals surface area contributed by atoms with Crippen molar-refractivity contribution in [3.8, 4) is 5.69 Å². The fraction of sp³-hybridized carbons (Fsp3) is 0.200. The Morgan fingerprint density at radius 3 is 2.46 bits per heavy atom. The number of anilines is 1. The Morgan fingerprint density at radius 2 is 1.75 bits per heavy atom. The van der Waals surface area contributed by atoms with Gasteiger partial charge < -0.3 is 10.6 Å². The predicted octanol–water partition coefficient (Wildman–Crippen LogP) is 3.24. The second-order valence-electron chi connectivity index (χ2n) is 6.25. The van der Waals surface area contributed by atoms with E-state index in [2.05, 4.69) is 15.7 Å². The second kappa shape index (κ2) is 8.34. The third-order valence-electron chi connectivity index (χ3n) is 4.35. The Hall–Kier alpha value is -3.68. The van der Waals surface area contributed by atoms with Crippen LogP contribution < -0.4 is 10.6 Å². The molecule has 0 aliphatic rings. The molecule has 0 radical (unpaired) electrons. The average molecular weight is 379 g/mol. The lowest BCUT2D eigenvalue weighted by atomic mass is 10.2. The lowest BCUT2D eigenvalue weighted by Crippen LogP contribution is -2.29. The van der Waals surface area contributed by atoms with E-state index >= 15 is 0 Å². The van der Waals surface area contributed by atoms with E-state index in [9.17, 15) is 14.9 Å². The van der Waals surface area contributed by atoms with Crippen LogP contribution in [0.2, 0.25) is 0 Å². The van der Waals surface area contributed by atoms with Gasteiger partial charge in [-0.2, -0.15) is 5.10 Å². The third kappa shape index (κ3) is 4.01. The molecule has 1 amide bonds. The molecule has 0 saturated heterocycles. The van der Waals surface area contributed by atoms with Crippen molar-refractivity contribution in [2.24, 2.45) is 0 Å². The van der Waals surface area contributed by atoms with E-state index in [0.717, 1.165) is 11.4 Å². The average Bonchev–Trinajstić information content (AvgIpc) is 3.00. The molecule has 0 saturated carbocycles. The Bertz CT molecular complexity index is 998. The monoisotopic (exact) mass is 379 g/mol. The molecule has 3 aromatic rings. The van der Waals surface area contributed by atoms with Crippen molar-refractivity contribution in [2.45, 2.75) is 13.8 Å². The first-order chi connectivity index (χ1) is 13.5. The summed E-state index contributed by atoms with van der Waals surface area (Å²) in [6.45, 7) is 4.34. The van der Waals surface area contributed by atoms with Gasteiger partial charge in [0.15, 0.2) is 0 Å². The fourth-order valence-electron chi connectivity index (χ4n) is 3.04. The number of nitrogens with zero attached hydrogens (tertiary/aromatic N) is 3. The topological polar surface area (TPSA) is 102 Å². The van der Waals surface area contributed by atoms with E-state index in [1.807, 2.05) is 37.3 Å². The summed E-state index contributed by atoms with van der Waals surface area (Å²) in [6, 6.07) is 16.0. The Kier molecular flexibility index (Phi) is 5.69. The summed E-state index contributed by atoms with van der Waals surface area (Å²) >= 11 is 0. The van der Waals surface area contributed by atoms with Crippen LogP contribution in [0.3, 0.4) is 0 Å². The number of nitro benzene ring substituents is 1. The molecule has 1 aromatic heterocycles. The van der Waals surface area contributed by atoms with Gasteiger partial charge >= 0.3 is 0 Å². The molecule has 2 aromatic carbocycles. The number of hydrogen-bond donors (Lipinski definition) is 2. The highest BCUT2D eigenvalue weighted by Crippen LogP contribution is 2.22. The third-order valence-corrected chi connectivity index (χ3v) is 4.35. The van der Waals surface area contributed by atoms with E-state index in [0.29, 0.717) is 30.0 Å². The van der Waals surface area contributed by atoms with Crippen molar-refractivity contribution < 1.29 is 9.72 Å². The Labute approximate surface area is 162 Å². The van der Waals surface area contributed by atoms with E-state index < -0.39 is 4.92 Å². The quantitative estimate of drug-likeness (QED) is 0.373. The summed E-state index contributed by atoms with van der Waals surface area (Å²) in [6.07, 6.45) is 0. The predicted molar refractivity (Wildman–Crippen MR) is 107 cm³/mol. The smallest absolute Gasteiger partial charge is 0.292 e. The molecule has 0 bridgehead atoms. The molecule has 1 heterocycles. The number of rotatable bonds is 7. The van der Waals surface area contributed by atoms with Crippen molar-refractivity contribution in [3.63, 3.8) is 0 Å². The normalized spacial score (nSPS) is 10.5. The van der Waals surface area contributed by atoms with Gasteiger partial charge in [-0.05, 0) is 32.0 Å². The first-order valence-corrected chi connectivity index (χ1v) is 8.86. The van der Waals surface area contributed by atoms with Gasteiger partial charge in [0.05, 0.1) is 27.6 Å². The molecule has 3 rings (SSSR count). The highest BCUT2D eigenvalue weighted by Gasteiger charge is 2.19. The van der Waals surface area contributed by atoms with Crippen molar-refractivity contribution in [3.05, 3.63) is 81.7 Å². The largest absolute Gasteiger partial charge is 0.378 e. The maximum absolute atomic E-state index is 12.6. The molecule has 0 unspecified atom stereocenters. The summed E-state index contributed by atoms with van der Waals surface area (Å²) < 4.78 is 1.75. The van der Waals surface area contributed by atoms with Crippen molar-refractivity contribution in [1.82, 2.24) is 15.1 Å². The number of carbonyl (C=O) groups excluding carboxylic acids is 1. The molecule has 8 nitrogen and oxygen atoms in total. The number of benzene rings is 2. The minimum atomic E-state index is -0.439. The number of hydrogen-bond acceptors (Lipinski definition) is 5. The maximum atomic E-state index is 12.6. The number of para-hydroxylation sites is 3. The lowest BCUT2D eigenvalue weighted by Gasteiger charge is -2.09. The van der Waals surface area contributed by atoms with Crippen LogP contribution in [-0.4, -0.2) is 33.7 Å². The summed E-state index contributed by atoms with van der Waals surface area (Å²) in [7, 11) is 0. The molecular weight excluding hydrogens is 358 g/mol. The van der Waals surface area contributed by atoms with Crippen molar-refractivity contribution in [2.75, 3.05) is 18.4 Å². The van der Waals surface area contributed by atoms with Gasteiger partial charge in [-0.1, -0.05) is 30.3 Å². The summed E-state index contributed by atoms with van der Waals surface area (Å²) in [5.74, 6) is -0.221. The van der Waals surface area contributed by atoms with E-state index in [1.54, 1.807) is 29.8 Å². The van der Waals surface area contributed by atoms with E-state index in [4.69, 9.17) is 0 Å². The van der Waals surface area contributed by atoms with Gasteiger partial charge in [-0.3, -0.25) is 14.9 Å². The molecule has 0 aliphatic heterocycles. The van der Waals surface area contributed by atoms with Crippen molar-refractivity contribution >= 4 is 17.3 Å². The van der Waals surface area contributed by atoms with Crippen LogP contribution >= 0.6 is 0 Å². The molecule has 28 heavy (non-hydrogen) atoms. The van der Waals surface area contributed by atoms with Crippen LogP contribution in [0.4, 0.5) is 11.4 Å². The van der Waals surface area contributed by atoms with Crippen LogP contribution in [0.1, 0.15) is 21.7 Å². The van der Waals surface area contributed by atoms with Crippen LogP contribution in [-0.2, 0) is 0 Å². The van der Waals surface area contributed by atoms with Crippen LogP contribution in [0.15, 0.2) is 54.6 Å². The zero-order valence-corrected chi connectivity index (χ0v) is 15.7. The second-order valence-corrected chi connectivity index (χ2v) is 6.25. The number of aryl methyl sites for hydroxylation is 1. The number of nitrogens with one attached hydrogen (secondary N) is 2. The number of aromatic nitrogens is 2. The molecule has 0 fully saturated rings. The van der Waals surface area contributed by atoms with Gasteiger partial charge in [-0.25, -0.2) is 4.68 Å². The molecular formula is C20H21N5O3. The molecule has 0 aliphatic carbocycles. The highest BCUT2D eigenvalue weighted by atomic mass is 16.6. The lowest BCUT2D eigenvalue weighted by molar-refractivity contribution is -0.384. The standard InChI is InChI=1S/C20H21N5O3/c1-14-19(15(2)24(23-14)16-8-4-3-5-9-16)20(26)22-13-12-21-17-10-6-7-11-18(17)25(27)28/h3-11,21H,12-13H2,1-2H3,(H,22,26). The van der Waals surface area contributed by atoms with Crippen molar-refractivity contribution in [1.29, 1.82) is 0 Å². The zero-order valence-electron chi connectivity index (χ0n) is 15.7. The fourth-order valence-corrected chi connectivity index (χ4v) is 3.04. The summed E-state index contributed by atoms with van der Waals surface area (Å²) in [5, 5.41) is 21.3. The molecule has 0 spiro atoms. The van der Waals surface area contributed by atoms with Crippen LogP contribution in [0, 0.1) is 24.0 Å². The van der Waals surface area contributed by atoms with E-state index in [1.165, 1.54) is 6.07 Å². The van der Waals surface area contributed by atoms with Gasteiger partial charge in [0.25, 0.3) is 11.6 Å². The Morgan fingerprint density at radius 1 is 1.07 bits per heavy atom. The molecule has 144 valence electrons. The van der Waals surface area contributed by atoms with E-state index in [-0.39, 0.29) is 11.6 Å². The van der Waals surface area contributed by atoms with Gasteiger partial charge in [-0.15, -0.1) is 0 Å². The molecule has 0 atom stereocenters. The van der Waals surface area contributed by atoms with Gasteiger partial charge in [0, 0.05) is 19.2 Å². The minimum absolute atomic E-state index is 0.00431. The summed E-state index contributed by atoms with van der Waals surface area (Å²) in [4.78, 5) is 23.2. The highest BCUT2D eigenvalue weighted by molar-refractivity contribution is 5.96. The summed E-state index contributed by atoms with van der Waals surface area (Å²) in [5.41, 5.74) is 3.25. The zero-order chi connectivity index (χ0) is 20.1. The SMILES string of the molecule is Cc1nn(-c2ccccc2)c(C)c1C(=O)NCCNc1ccccc1[N+](=O)[O-]. The van der Waals surface area contributed by atoms with Gasteiger partial charge in [0.2, 0.25) is 0 Å². The number of nitro groups is 1. The first kappa shape index (κ1) is 19.1. The van der Waals surface area contributed by atoms with Gasteiger partial charge in [0.1, 0.15) is 5.69 Å². The molecule has 2 N–H and O–H groups in total.